The lowest BCUT2D eigenvalue weighted by Gasteiger charge is -1.96. The fourth-order valence-corrected chi connectivity index (χ4v) is 3.57. The van der Waals surface area contributed by atoms with Gasteiger partial charge in [0.25, 0.3) is 5.91 Å². The van der Waals surface area contributed by atoms with Crippen LogP contribution in [0.2, 0.25) is 5.02 Å². The SMILES string of the molecule is Cc1ccc2c(c1)sc(=NC(=O)C=Cc1ccccc1Cl)n2C. The van der Waals surface area contributed by atoms with Crippen LogP contribution in [0.15, 0.2) is 53.5 Å². The lowest BCUT2D eigenvalue weighted by Crippen LogP contribution is -2.12. The highest BCUT2D eigenvalue weighted by atomic mass is 35.5. The Bertz CT molecular complexity index is 982. The van der Waals surface area contributed by atoms with Crippen molar-refractivity contribution in [2.45, 2.75) is 6.92 Å². The number of thiazole rings is 1. The van der Waals surface area contributed by atoms with E-state index in [4.69, 9.17) is 11.6 Å². The molecule has 1 amide bonds. The van der Waals surface area contributed by atoms with Gasteiger partial charge in [-0.05, 0) is 42.3 Å². The molecule has 0 fully saturated rings. The Balaban J connectivity index is 1.94. The molecule has 0 atom stereocenters. The minimum absolute atomic E-state index is 0.302. The third kappa shape index (κ3) is 3.44. The molecular weight excluding hydrogens is 328 g/mol. The number of hydrogen-bond acceptors (Lipinski definition) is 2. The number of fused-ring (bicyclic) bond motifs is 1. The number of halogens is 1. The van der Waals surface area contributed by atoms with Crippen LogP contribution in [0.25, 0.3) is 16.3 Å². The van der Waals surface area contributed by atoms with Crippen molar-refractivity contribution < 1.29 is 4.79 Å². The van der Waals surface area contributed by atoms with Crippen LogP contribution in [0.5, 0.6) is 0 Å². The van der Waals surface area contributed by atoms with Gasteiger partial charge in [-0.2, -0.15) is 4.99 Å². The van der Waals surface area contributed by atoms with Crippen LogP contribution < -0.4 is 4.80 Å². The van der Waals surface area contributed by atoms with E-state index < -0.39 is 0 Å². The van der Waals surface area contributed by atoms with E-state index in [-0.39, 0.29) is 5.91 Å². The summed E-state index contributed by atoms with van der Waals surface area (Å²) in [4.78, 5) is 17.0. The standard InChI is InChI=1S/C18H15ClN2OS/c1-12-7-9-15-16(11-12)23-18(21(15)2)20-17(22)10-8-13-5-3-4-6-14(13)19/h3-11H,1-2H3. The summed E-state index contributed by atoms with van der Waals surface area (Å²) in [5, 5.41) is 0.611. The average molecular weight is 343 g/mol. The summed E-state index contributed by atoms with van der Waals surface area (Å²) in [7, 11) is 1.91. The van der Waals surface area contributed by atoms with E-state index in [9.17, 15) is 4.79 Å². The molecule has 116 valence electrons. The lowest BCUT2D eigenvalue weighted by molar-refractivity contribution is -0.113. The topological polar surface area (TPSA) is 34.4 Å². The Morgan fingerprint density at radius 3 is 2.83 bits per heavy atom. The summed E-state index contributed by atoms with van der Waals surface area (Å²) >= 11 is 7.57. The van der Waals surface area contributed by atoms with E-state index in [0.717, 1.165) is 15.8 Å². The fraction of sp³-hybridized carbons (Fsp3) is 0.111. The van der Waals surface area contributed by atoms with Crippen LogP contribution in [0.4, 0.5) is 0 Å². The van der Waals surface area contributed by atoms with Crippen LogP contribution >= 0.6 is 22.9 Å². The van der Waals surface area contributed by atoms with Crippen LogP contribution in [0, 0.1) is 6.92 Å². The zero-order valence-corrected chi connectivity index (χ0v) is 14.4. The highest BCUT2D eigenvalue weighted by Crippen LogP contribution is 2.18. The number of nitrogens with zero attached hydrogens (tertiary/aromatic N) is 2. The normalized spacial score (nSPS) is 12.4. The van der Waals surface area contributed by atoms with Gasteiger partial charge < -0.3 is 4.57 Å². The van der Waals surface area contributed by atoms with E-state index in [1.54, 1.807) is 12.1 Å². The number of carbonyl (C=O) groups excluding carboxylic acids is 1. The minimum atomic E-state index is -0.302. The second-order valence-electron chi connectivity index (χ2n) is 5.22. The Labute approximate surface area is 143 Å². The molecular formula is C18H15ClN2OS. The molecule has 0 N–H and O–H groups in total. The fourth-order valence-electron chi connectivity index (χ4n) is 2.25. The Hall–Kier alpha value is -2.17. The van der Waals surface area contributed by atoms with Crippen molar-refractivity contribution in [3.05, 3.63) is 69.5 Å². The molecule has 0 saturated heterocycles. The van der Waals surface area contributed by atoms with Crippen LogP contribution in [-0.2, 0) is 11.8 Å². The van der Waals surface area contributed by atoms with Gasteiger partial charge in [-0.1, -0.05) is 47.2 Å². The van der Waals surface area contributed by atoms with Gasteiger partial charge in [0.1, 0.15) is 0 Å². The van der Waals surface area contributed by atoms with Gasteiger partial charge >= 0.3 is 0 Å². The molecule has 5 heteroatoms. The van der Waals surface area contributed by atoms with E-state index in [1.807, 2.05) is 42.8 Å². The summed E-state index contributed by atoms with van der Waals surface area (Å²) in [5.74, 6) is -0.302. The first-order valence-electron chi connectivity index (χ1n) is 7.12. The third-order valence-electron chi connectivity index (χ3n) is 3.48. The van der Waals surface area contributed by atoms with Crippen LogP contribution in [-0.4, -0.2) is 10.5 Å². The van der Waals surface area contributed by atoms with E-state index in [0.29, 0.717) is 9.82 Å². The van der Waals surface area contributed by atoms with Gasteiger partial charge in [-0.15, -0.1) is 0 Å². The number of rotatable bonds is 2. The Kier molecular flexibility index (Phi) is 4.46. The molecule has 3 aromatic rings. The smallest absolute Gasteiger partial charge is 0.272 e. The number of hydrogen-bond donors (Lipinski definition) is 0. The lowest BCUT2D eigenvalue weighted by atomic mass is 10.2. The van der Waals surface area contributed by atoms with Crippen molar-refractivity contribution in [3.8, 4) is 0 Å². The van der Waals surface area contributed by atoms with Gasteiger partial charge in [0.15, 0.2) is 4.80 Å². The van der Waals surface area contributed by atoms with Gasteiger partial charge in [0, 0.05) is 18.1 Å². The first kappa shape index (κ1) is 15.7. The third-order valence-corrected chi connectivity index (χ3v) is 4.92. The van der Waals surface area contributed by atoms with Crippen molar-refractivity contribution >= 4 is 45.1 Å². The van der Waals surface area contributed by atoms with Crippen molar-refractivity contribution in [1.82, 2.24) is 4.57 Å². The summed E-state index contributed by atoms with van der Waals surface area (Å²) in [5.41, 5.74) is 3.06. The zero-order valence-electron chi connectivity index (χ0n) is 12.8. The van der Waals surface area contributed by atoms with E-state index in [1.165, 1.54) is 23.0 Å². The highest BCUT2D eigenvalue weighted by Gasteiger charge is 2.04. The molecule has 3 rings (SSSR count). The summed E-state index contributed by atoms with van der Waals surface area (Å²) < 4.78 is 3.05. The molecule has 0 saturated carbocycles. The number of aromatic nitrogens is 1. The Morgan fingerprint density at radius 1 is 1.26 bits per heavy atom. The molecule has 0 unspecified atom stereocenters. The highest BCUT2D eigenvalue weighted by molar-refractivity contribution is 7.16. The summed E-state index contributed by atoms with van der Waals surface area (Å²) in [6.07, 6.45) is 3.13. The monoisotopic (exact) mass is 342 g/mol. The zero-order chi connectivity index (χ0) is 16.4. The second kappa shape index (κ2) is 6.52. The van der Waals surface area contributed by atoms with Crippen molar-refractivity contribution in [2.75, 3.05) is 0 Å². The van der Waals surface area contributed by atoms with E-state index in [2.05, 4.69) is 17.1 Å². The molecule has 0 aliphatic rings. The van der Waals surface area contributed by atoms with Crippen molar-refractivity contribution in [2.24, 2.45) is 12.0 Å². The maximum absolute atomic E-state index is 12.1. The maximum Gasteiger partial charge on any atom is 0.272 e. The van der Waals surface area contributed by atoms with Crippen LogP contribution in [0.1, 0.15) is 11.1 Å². The first-order valence-corrected chi connectivity index (χ1v) is 8.31. The molecule has 0 bridgehead atoms. The van der Waals surface area contributed by atoms with Gasteiger partial charge in [0.2, 0.25) is 0 Å². The summed E-state index contributed by atoms with van der Waals surface area (Å²) in [6.45, 7) is 2.05. The molecule has 2 aromatic carbocycles. The van der Waals surface area contributed by atoms with Crippen LogP contribution in [0.3, 0.4) is 0 Å². The van der Waals surface area contributed by atoms with Crippen molar-refractivity contribution in [3.63, 3.8) is 0 Å². The predicted octanol–water partition coefficient (Wildman–Crippen LogP) is 4.34. The maximum atomic E-state index is 12.1. The largest absolute Gasteiger partial charge is 0.319 e. The second-order valence-corrected chi connectivity index (χ2v) is 6.64. The average Bonchev–Trinajstić information content (AvgIpc) is 2.82. The molecule has 3 nitrogen and oxygen atoms in total. The molecule has 0 spiro atoms. The Morgan fingerprint density at radius 2 is 2.04 bits per heavy atom. The molecule has 1 heterocycles. The number of benzene rings is 2. The number of amides is 1. The number of carbonyl (C=O) groups is 1. The van der Waals surface area contributed by atoms with Gasteiger partial charge in [-0.25, -0.2) is 0 Å². The minimum Gasteiger partial charge on any atom is -0.319 e. The molecule has 23 heavy (non-hydrogen) atoms. The summed E-state index contributed by atoms with van der Waals surface area (Å²) in [6, 6.07) is 13.6. The predicted molar refractivity (Wildman–Crippen MR) is 96.6 cm³/mol. The molecule has 1 aromatic heterocycles. The number of aryl methyl sites for hydroxylation is 2. The van der Waals surface area contributed by atoms with Gasteiger partial charge in [0.05, 0.1) is 10.2 Å². The molecule has 0 aliphatic heterocycles. The van der Waals surface area contributed by atoms with Gasteiger partial charge in [-0.3, -0.25) is 4.79 Å². The molecule has 0 aliphatic carbocycles. The quantitative estimate of drug-likeness (QED) is 0.638. The molecule has 0 radical (unpaired) electrons. The first-order chi connectivity index (χ1) is 11.0. The van der Waals surface area contributed by atoms with Crippen molar-refractivity contribution in [1.29, 1.82) is 0 Å². The van der Waals surface area contributed by atoms with E-state index >= 15 is 0 Å².